The fourth-order valence-electron chi connectivity index (χ4n) is 1.78. The van der Waals surface area contributed by atoms with Crippen molar-refractivity contribution in [3.8, 4) is 5.75 Å². The standard InChI is InChI=1S/C15H15NO.Cu/c1-11-8-12(2)14(15(17)9-11)10-16-13-6-4-3-5-7-13;/h3-10,17H,1-2H3;. The van der Waals surface area contributed by atoms with E-state index in [1.807, 2.05) is 50.2 Å². The van der Waals surface area contributed by atoms with E-state index in [0.29, 0.717) is 0 Å². The number of phenolic OH excluding ortho intramolecular Hbond substituents is 1. The average Bonchev–Trinajstić information content (AvgIpc) is 2.29. The maximum absolute atomic E-state index is 9.86. The molecule has 0 unspecified atom stereocenters. The molecule has 2 aromatic carbocycles. The quantitative estimate of drug-likeness (QED) is 0.662. The SMILES string of the molecule is Cc1cc(C)c(C=Nc2ccccc2)c(O)c1.[Cu]. The summed E-state index contributed by atoms with van der Waals surface area (Å²) in [7, 11) is 0. The summed E-state index contributed by atoms with van der Waals surface area (Å²) in [5.41, 5.74) is 3.74. The van der Waals surface area contributed by atoms with Crippen LogP contribution in [0, 0.1) is 13.8 Å². The number of para-hydroxylation sites is 1. The Kier molecular flexibility index (Phi) is 5.14. The number of aromatic hydroxyl groups is 1. The Labute approximate surface area is 118 Å². The molecule has 0 spiro atoms. The van der Waals surface area contributed by atoms with E-state index in [0.717, 1.165) is 22.4 Å². The number of hydrogen-bond donors (Lipinski definition) is 1. The molecule has 0 saturated heterocycles. The largest absolute Gasteiger partial charge is 0.507 e. The zero-order chi connectivity index (χ0) is 12.3. The van der Waals surface area contributed by atoms with Gasteiger partial charge >= 0.3 is 0 Å². The van der Waals surface area contributed by atoms with Crippen molar-refractivity contribution in [1.29, 1.82) is 0 Å². The summed E-state index contributed by atoms with van der Waals surface area (Å²) in [6, 6.07) is 13.5. The van der Waals surface area contributed by atoms with Crippen LogP contribution >= 0.6 is 0 Å². The van der Waals surface area contributed by atoms with E-state index in [2.05, 4.69) is 4.99 Å². The Bertz CT molecular complexity index is 527. The van der Waals surface area contributed by atoms with Crippen LogP contribution in [-0.2, 0) is 17.1 Å². The molecule has 18 heavy (non-hydrogen) atoms. The zero-order valence-corrected chi connectivity index (χ0v) is 11.3. The van der Waals surface area contributed by atoms with Crippen LogP contribution in [0.3, 0.4) is 0 Å². The maximum atomic E-state index is 9.86. The van der Waals surface area contributed by atoms with E-state index < -0.39 is 0 Å². The molecule has 0 atom stereocenters. The second-order valence-electron chi connectivity index (χ2n) is 4.11. The number of aryl methyl sites for hydroxylation is 2. The van der Waals surface area contributed by atoms with Crippen molar-refractivity contribution in [3.05, 3.63) is 59.2 Å². The molecular formula is C15H15CuNO. The van der Waals surface area contributed by atoms with Gasteiger partial charge in [0.1, 0.15) is 5.75 Å². The van der Waals surface area contributed by atoms with Crippen molar-refractivity contribution >= 4 is 11.9 Å². The second kappa shape index (κ2) is 6.39. The third kappa shape index (κ3) is 3.46. The van der Waals surface area contributed by atoms with Crippen LogP contribution in [0.4, 0.5) is 5.69 Å². The van der Waals surface area contributed by atoms with Gasteiger partial charge in [0.05, 0.1) is 5.69 Å². The van der Waals surface area contributed by atoms with Crippen LogP contribution in [0.5, 0.6) is 5.75 Å². The smallest absolute Gasteiger partial charge is 0.124 e. The van der Waals surface area contributed by atoms with E-state index in [1.54, 1.807) is 12.3 Å². The van der Waals surface area contributed by atoms with E-state index >= 15 is 0 Å². The molecule has 0 saturated carbocycles. The minimum absolute atomic E-state index is 0. The molecule has 0 amide bonds. The topological polar surface area (TPSA) is 32.6 Å². The molecule has 2 nitrogen and oxygen atoms in total. The molecule has 97 valence electrons. The van der Waals surface area contributed by atoms with Crippen LogP contribution < -0.4 is 0 Å². The summed E-state index contributed by atoms with van der Waals surface area (Å²) in [6.45, 7) is 3.93. The molecule has 1 radical (unpaired) electrons. The van der Waals surface area contributed by atoms with Crippen molar-refractivity contribution in [2.45, 2.75) is 13.8 Å². The summed E-state index contributed by atoms with van der Waals surface area (Å²) in [5, 5.41) is 9.86. The molecule has 0 aliphatic carbocycles. The minimum Gasteiger partial charge on any atom is -0.507 e. The van der Waals surface area contributed by atoms with E-state index in [9.17, 15) is 5.11 Å². The fraction of sp³-hybridized carbons (Fsp3) is 0.133. The number of aliphatic imine (C=N–C) groups is 1. The zero-order valence-electron chi connectivity index (χ0n) is 10.3. The monoisotopic (exact) mass is 288 g/mol. The average molecular weight is 289 g/mol. The van der Waals surface area contributed by atoms with E-state index in [1.165, 1.54) is 0 Å². The second-order valence-corrected chi connectivity index (χ2v) is 4.11. The molecule has 2 aromatic rings. The van der Waals surface area contributed by atoms with E-state index in [4.69, 9.17) is 0 Å². The van der Waals surface area contributed by atoms with Crippen molar-refractivity contribution < 1.29 is 22.2 Å². The normalized spacial score (nSPS) is 10.3. The predicted octanol–water partition coefficient (Wildman–Crippen LogP) is 3.76. The molecular weight excluding hydrogens is 274 g/mol. The third-order valence-electron chi connectivity index (χ3n) is 2.61. The number of phenols is 1. The summed E-state index contributed by atoms with van der Waals surface area (Å²) >= 11 is 0. The molecule has 1 N–H and O–H groups in total. The molecule has 2 rings (SSSR count). The Morgan fingerprint density at radius 1 is 1.06 bits per heavy atom. The molecule has 0 fully saturated rings. The molecule has 3 heteroatoms. The van der Waals surface area contributed by atoms with Crippen molar-refractivity contribution in [1.82, 2.24) is 0 Å². The predicted molar refractivity (Wildman–Crippen MR) is 71.3 cm³/mol. The van der Waals surface area contributed by atoms with Gasteiger partial charge in [0.2, 0.25) is 0 Å². The molecule has 0 bridgehead atoms. The first-order valence-corrected chi connectivity index (χ1v) is 5.56. The van der Waals surface area contributed by atoms with Gasteiger partial charge in [0.15, 0.2) is 0 Å². The van der Waals surface area contributed by atoms with Gasteiger partial charge in [-0.2, -0.15) is 0 Å². The number of nitrogens with zero attached hydrogens (tertiary/aromatic N) is 1. The van der Waals surface area contributed by atoms with E-state index in [-0.39, 0.29) is 22.8 Å². The number of hydrogen-bond acceptors (Lipinski definition) is 2. The van der Waals surface area contributed by atoms with Gasteiger partial charge in [-0.15, -0.1) is 0 Å². The third-order valence-corrected chi connectivity index (χ3v) is 2.61. The van der Waals surface area contributed by atoms with Crippen LogP contribution in [0.25, 0.3) is 0 Å². The summed E-state index contributed by atoms with van der Waals surface area (Å²) in [4.78, 5) is 4.34. The Morgan fingerprint density at radius 3 is 2.33 bits per heavy atom. The van der Waals surface area contributed by atoms with Crippen LogP contribution in [-0.4, -0.2) is 11.3 Å². The van der Waals surface area contributed by atoms with Gasteiger partial charge in [0, 0.05) is 28.8 Å². The number of benzene rings is 2. The minimum atomic E-state index is 0. The van der Waals surface area contributed by atoms with Crippen LogP contribution in [0.1, 0.15) is 16.7 Å². The van der Waals surface area contributed by atoms with Crippen molar-refractivity contribution in [2.75, 3.05) is 0 Å². The van der Waals surface area contributed by atoms with Gasteiger partial charge in [-0.05, 0) is 43.2 Å². The summed E-state index contributed by atoms with van der Waals surface area (Å²) < 4.78 is 0. The van der Waals surface area contributed by atoms with Gasteiger partial charge < -0.3 is 5.11 Å². The Balaban J connectivity index is 0.00000162. The van der Waals surface area contributed by atoms with Gasteiger partial charge in [0.25, 0.3) is 0 Å². The number of rotatable bonds is 2. The van der Waals surface area contributed by atoms with Crippen LogP contribution in [0.2, 0.25) is 0 Å². The van der Waals surface area contributed by atoms with Crippen LogP contribution in [0.15, 0.2) is 47.5 Å². The molecule has 0 aromatic heterocycles. The van der Waals surface area contributed by atoms with Gasteiger partial charge in [-0.25, -0.2) is 0 Å². The Morgan fingerprint density at radius 2 is 1.72 bits per heavy atom. The van der Waals surface area contributed by atoms with Crippen molar-refractivity contribution in [2.24, 2.45) is 4.99 Å². The molecule has 0 aliphatic heterocycles. The fourth-order valence-corrected chi connectivity index (χ4v) is 1.78. The Hall–Kier alpha value is -1.57. The first-order valence-electron chi connectivity index (χ1n) is 5.56. The van der Waals surface area contributed by atoms with Crippen molar-refractivity contribution in [3.63, 3.8) is 0 Å². The first-order chi connectivity index (χ1) is 8.16. The summed E-state index contributed by atoms with van der Waals surface area (Å²) in [6.07, 6.45) is 1.71. The molecule has 0 heterocycles. The van der Waals surface area contributed by atoms with Gasteiger partial charge in [-0.3, -0.25) is 4.99 Å². The maximum Gasteiger partial charge on any atom is 0.124 e. The summed E-state index contributed by atoms with van der Waals surface area (Å²) in [5.74, 6) is 0.280. The van der Waals surface area contributed by atoms with Gasteiger partial charge in [-0.1, -0.05) is 24.3 Å². The molecule has 0 aliphatic rings. The first kappa shape index (κ1) is 14.5.